The van der Waals surface area contributed by atoms with Crippen LogP contribution < -0.4 is 5.32 Å². The predicted octanol–water partition coefficient (Wildman–Crippen LogP) is 1.78. The summed E-state index contributed by atoms with van der Waals surface area (Å²) in [4.78, 5) is 11.2. The van der Waals surface area contributed by atoms with Gasteiger partial charge in [-0.15, -0.1) is 0 Å². The molecule has 2 aromatic carbocycles. The monoisotopic (exact) mass is 245 g/mol. The SMILES string of the molecule is CC(=O)Nc1cccc2c(CO)cc(CO)cc12. The Morgan fingerprint density at radius 1 is 1.17 bits per heavy atom. The van der Waals surface area contributed by atoms with E-state index in [1.165, 1.54) is 6.92 Å². The number of fused-ring (bicyclic) bond motifs is 1. The van der Waals surface area contributed by atoms with E-state index in [4.69, 9.17) is 0 Å². The molecule has 2 rings (SSSR count). The molecular weight excluding hydrogens is 230 g/mol. The summed E-state index contributed by atoms with van der Waals surface area (Å²) in [7, 11) is 0. The van der Waals surface area contributed by atoms with Crippen LogP contribution >= 0.6 is 0 Å². The number of aliphatic hydroxyl groups excluding tert-OH is 2. The van der Waals surface area contributed by atoms with Crippen molar-refractivity contribution in [3.8, 4) is 0 Å². The first-order chi connectivity index (χ1) is 8.65. The molecule has 1 amide bonds. The van der Waals surface area contributed by atoms with Crippen LogP contribution in [0.4, 0.5) is 5.69 Å². The van der Waals surface area contributed by atoms with Gasteiger partial charge >= 0.3 is 0 Å². The summed E-state index contributed by atoms with van der Waals surface area (Å²) < 4.78 is 0. The highest BCUT2D eigenvalue weighted by Crippen LogP contribution is 2.28. The fourth-order valence-corrected chi connectivity index (χ4v) is 2.05. The van der Waals surface area contributed by atoms with E-state index in [9.17, 15) is 15.0 Å². The van der Waals surface area contributed by atoms with Crippen LogP contribution in [0, 0.1) is 0 Å². The molecule has 0 heterocycles. The summed E-state index contributed by atoms with van der Waals surface area (Å²) in [5.74, 6) is -0.151. The first-order valence-electron chi connectivity index (χ1n) is 5.69. The Morgan fingerprint density at radius 3 is 2.56 bits per heavy atom. The van der Waals surface area contributed by atoms with Crippen LogP contribution in [-0.4, -0.2) is 16.1 Å². The molecule has 94 valence electrons. The smallest absolute Gasteiger partial charge is 0.221 e. The molecule has 0 spiro atoms. The summed E-state index contributed by atoms with van der Waals surface area (Å²) in [5.41, 5.74) is 2.14. The van der Waals surface area contributed by atoms with Crippen LogP contribution in [0.1, 0.15) is 18.1 Å². The minimum absolute atomic E-state index is 0.0999. The lowest BCUT2D eigenvalue weighted by Gasteiger charge is -2.11. The summed E-state index contributed by atoms with van der Waals surface area (Å²) in [5, 5.41) is 23.0. The van der Waals surface area contributed by atoms with Gasteiger partial charge < -0.3 is 15.5 Å². The highest BCUT2D eigenvalue weighted by molar-refractivity contribution is 6.02. The van der Waals surface area contributed by atoms with Crippen molar-refractivity contribution >= 4 is 22.4 Å². The van der Waals surface area contributed by atoms with Crippen LogP contribution in [0.15, 0.2) is 30.3 Å². The second-order valence-corrected chi connectivity index (χ2v) is 4.15. The van der Waals surface area contributed by atoms with Crippen molar-refractivity contribution in [3.05, 3.63) is 41.5 Å². The lowest BCUT2D eigenvalue weighted by molar-refractivity contribution is -0.114. The summed E-state index contributed by atoms with van der Waals surface area (Å²) in [6, 6.07) is 9.09. The molecule has 0 fully saturated rings. The molecule has 0 atom stereocenters. The van der Waals surface area contributed by atoms with Gasteiger partial charge in [-0.2, -0.15) is 0 Å². The number of carbonyl (C=O) groups excluding carboxylic acids is 1. The van der Waals surface area contributed by atoms with E-state index in [1.54, 1.807) is 12.1 Å². The lowest BCUT2D eigenvalue weighted by Crippen LogP contribution is -2.06. The van der Waals surface area contributed by atoms with Gasteiger partial charge in [0.2, 0.25) is 5.91 Å². The van der Waals surface area contributed by atoms with Crippen LogP contribution in [0.2, 0.25) is 0 Å². The Kier molecular flexibility index (Phi) is 3.60. The van der Waals surface area contributed by atoms with Crippen molar-refractivity contribution in [2.45, 2.75) is 20.1 Å². The molecule has 0 saturated carbocycles. The molecule has 0 bridgehead atoms. The second-order valence-electron chi connectivity index (χ2n) is 4.15. The molecule has 0 saturated heterocycles. The van der Waals surface area contributed by atoms with Crippen molar-refractivity contribution < 1.29 is 15.0 Å². The molecular formula is C14H15NO3. The van der Waals surface area contributed by atoms with Gasteiger partial charge in [0.25, 0.3) is 0 Å². The van der Waals surface area contributed by atoms with Gasteiger partial charge in [0.05, 0.1) is 13.2 Å². The largest absolute Gasteiger partial charge is 0.392 e. The fraction of sp³-hybridized carbons (Fsp3) is 0.214. The van der Waals surface area contributed by atoms with E-state index in [-0.39, 0.29) is 19.1 Å². The molecule has 18 heavy (non-hydrogen) atoms. The Hall–Kier alpha value is -1.91. The standard InChI is InChI=1S/C14H15NO3/c1-9(18)15-14-4-2-3-12-11(8-17)5-10(7-16)6-13(12)14/h2-6,16-17H,7-8H2,1H3,(H,15,18). The lowest BCUT2D eigenvalue weighted by atomic mass is 10.00. The van der Waals surface area contributed by atoms with Crippen LogP contribution in [-0.2, 0) is 18.0 Å². The molecule has 0 aliphatic carbocycles. The maximum atomic E-state index is 11.2. The van der Waals surface area contributed by atoms with Crippen molar-refractivity contribution in [3.63, 3.8) is 0 Å². The first-order valence-corrected chi connectivity index (χ1v) is 5.69. The quantitative estimate of drug-likeness (QED) is 0.772. The Labute approximate surface area is 105 Å². The average molecular weight is 245 g/mol. The number of aliphatic hydroxyl groups is 2. The number of amides is 1. The molecule has 0 aliphatic heterocycles. The maximum Gasteiger partial charge on any atom is 0.221 e. The normalized spacial score (nSPS) is 10.6. The average Bonchev–Trinajstić information content (AvgIpc) is 2.37. The second kappa shape index (κ2) is 5.16. The van der Waals surface area contributed by atoms with E-state index in [1.807, 2.05) is 18.2 Å². The van der Waals surface area contributed by atoms with Crippen LogP contribution in [0.3, 0.4) is 0 Å². The third-order valence-electron chi connectivity index (χ3n) is 2.81. The number of benzene rings is 2. The topological polar surface area (TPSA) is 69.6 Å². The number of nitrogens with one attached hydrogen (secondary N) is 1. The zero-order valence-electron chi connectivity index (χ0n) is 10.1. The zero-order chi connectivity index (χ0) is 13.1. The number of anilines is 1. The van der Waals surface area contributed by atoms with E-state index in [0.29, 0.717) is 11.3 Å². The Bertz CT molecular complexity index is 593. The highest BCUT2D eigenvalue weighted by Gasteiger charge is 2.07. The van der Waals surface area contributed by atoms with Crippen molar-refractivity contribution in [2.24, 2.45) is 0 Å². The van der Waals surface area contributed by atoms with Gasteiger partial charge in [-0.25, -0.2) is 0 Å². The molecule has 0 radical (unpaired) electrons. The van der Waals surface area contributed by atoms with Gasteiger partial charge in [-0.05, 0) is 28.6 Å². The molecule has 2 aromatic rings. The fourth-order valence-electron chi connectivity index (χ4n) is 2.05. The third-order valence-corrected chi connectivity index (χ3v) is 2.81. The first kappa shape index (κ1) is 12.5. The van der Waals surface area contributed by atoms with Crippen molar-refractivity contribution in [1.29, 1.82) is 0 Å². The zero-order valence-corrected chi connectivity index (χ0v) is 10.1. The van der Waals surface area contributed by atoms with Gasteiger partial charge in [0, 0.05) is 18.0 Å². The van der Waals surface area contributed by atoms with Crippen molar-refractivity contribution in [2.75, 3.05) is 5.32 Å². The molecule has 0 unspecified atom stereocenters. The van der Waals surface area contributed by atoms with E-state index < -0.39 is 0 Å². The molecule has 0 aromatic heterocycles. The van der Waals surface area contributed by atoms with E-state index >= 15 is 0 Å². The van der Waals surface area contributed by atoms with Crippen LogP contribution in [0.25, 0.3) is 10.8 Å². The predicted molar refractivity (Wildman–Crippen MR) is 70.1 cm³/mol. The minimum Gasteiger partial charge on any atom is -0.392 e. The van der Waals surface area contributed by atoms with E-state index in [0.717, 1.165) is 16.3 Å². The van der Waals surface area contributed by atoms with Gasteiger partial charge in [-0.3, -0.25) is 4.79 Å². The maximum absolute atomic E-state index is 11.2. The summed E-state index contributed by atoms with van der Waals surface area (Å²) in [6.07, 6.45) is 0. The van der Waals surface area contributed by atoms with Gasteiger partial charge in [0.15, 0.2) is 0 Å². The number of hydrogen-bond acceptors (Lipinski definition) is 3. The molecule has 4 nitrogen and oxygen atoms in total. The number of rotatable bonds is 3. The molecule has 3 N–H and O–H groups in total. The van der Waals surface area contributed by atoms with Gasteiger partial charge in [0.1, 0.15) is 0 Å². The molecule has 0 aliphatic rings. The Balaban J connectivity index is 2.69. The number of carbonyl (C=O) groups is 1. The molecule has 4 heteroatoms. The van der Waals surface area contributed by atoms with Crippen LogP contribution in [0.5, 0.6) is 0 Å². The Morgan fingerprint density at radius 2 is 1.94 bits per heavy atom. The number of hydrogen-bond donors (Lipinski definition) is 3. The van der Waals surface area contributed by atoms with Gasteiger partial charge in [-0.1, -0.05) is 18.2 Å². The third kappa shape index (κ3) is 2.34. The minimum atomic E-state index is -0.151. The summed E-state index contributed by atoms with van der Waals surface area (Å²) in [6.45, 7) is 1.24. The van der Waals surface area contributed by atoms with E-state index in [2.05, 4.69) is 5.32 Å². The summed E-state index contributed by atoms with van der Waals surface area (Å²) >= 11 is 0. The van der Waals surface area contributed by atoms with Crippen molar-refractivity contribution in [1.82, 2.24) is 0 Å². The highest BCUT2D eigenvalue weighted by atomic mass is 16.3.